The number of carboxylic acid groups (broad SMARTS) is 1. The van der Waals surface area contributed by atoms with Gasteiger partial charge >= 0.3 is 5.97 Å². The van der Waals surface area contributed by atoms with Gasteiger partial charge in [-0.1, -0.05) is 11.6 Å². The molecule has 1 aliphatic carbocycles. The van der Waals surface area contributed by atoms with Gasteiger partial charge < -0.3 is 9.84 Å². The lowest BCUT2D eigenvalue weighted by Gasteiger charge is -2.10. The van der Waals surface area contributed by atoms with Crippen LogP contribution in [0.4, 0.5) is 0 Å². The van der Waals surface area contributed by atoms with Crippen LogP contribution in [0.25, 0.3) is 0 Å². The van der Waals surface area contributed by atoms with Gasteiger partial charge in [0.05, 0.1) is 12.0 Å². The maximum absolute atomic E-state index is 10.9. The number of rotatable bonds is 5. The van der Waals surface area contributed by atoms with Crippen LogP contribution in [-0.4, -0.2) is 17.7 Å². The van der Waals surface area contributed by atoms with Gasteiger partial charge in [-0.15, -0.1) is 0 Å². The van der Waals surface area contributed by atoms with Gasteiger partial charge in [0, 0.05) is 5.02 Å². The van der Waals surface area contributed by atoms with Gasteiger partial charge in [0.2, 0.25) is 0 Å². The minimum Gasteiger partial charge on any atom is -0.494 e. The molecule has 1 aromatic carbocycles. The fourth-order valence-corrected chi connectivity index (χ4v) is 1.74. The molecule has 0 radical (unpaired) electrons. The molecule has 0 atom stereocenters. The fourth-order valence-electron chi connectivity index (χ4n) is 1.62. The predicted molar refractivity (Wildman–Crippen MR) is 60.9 cm³/mol. The summed E-state index contributed by atoms with van der Waals surface area (Å²) in [5.41, 5.74) is -0.508. The zero-order valence-corrected chi connectivity index (χ0v) is 9.54. The van der Waals surface area contributed by atoms with Crippen LogP contribution in [0.3, 0.4) is 0 Å². The third kappa shape index (κ3) is 2.47. The van der Waals surface area contributed by atoms with Crippen LogP contribution in [0.2, 0.25) is 5.02 Å². The summed E-state index contributed by atoms with van der Waals surface area (Å²) in [6.07, 6.45) is 2.11. The van der Waals surface area contributed by atoms with Crippen LogP contribution in [0.1, 0.15) is 19.3 Å². The summed E-state index contributed by atoms with van der Waals surface area (Å²) in [7, 11) is 0. The van der Waals surface area contributed by atoms with Crippen molar-refractivity contribution in [3.63, 3.8) is 0 Å². The molecule has 0 bridgehead atoms. The van der Waals surface area contributed by atoms with Crippen molar-refractivity contribution in [2.24, 2.45) is 5.41 Å². The van der Waals surface area contributed by atoms with E-state index in [1.54, 1.807) is 24.3 Å². The number of halogens is 1. The van der Waals surface area contributed by atoms with Gasteiger partial charge in [0.25, 0.3) is 0 Å². The molecule has 0 unspecified atom stereocenters. The highest BCUT2D eigenvalue weighted by Crippen LogP contribution is 2.48. The lowest BCUT2D eigenvalue weighted by atomic mass is 10.0. The van der Waals surface area contributed by atoms with Crippen molar-refractivity contribution in [3.8, 4) is 5.75 Å². The number of benzene rings is 1. The van der Waals surface area contributed by atoms with Crippen molar-refractivity contribution in [1.29, 1.82) is 0 Å². The van der Waals surface area contributed by atoms with Gasteiger partial charge in [0.1, 0.15) is 5.75 Å². The molecule has 2 rings (SSSR count). The smallest absolute Gasteiger partial charge is 0.309 e. The van der Waals surface area contributed by atoms with E-state index in [9.17, 15) is 4.79 Å². The highest BCUT2D eigenvalue weighted by atomic mass is 35.5. The maximum atomic E-state index is 10.9. The van der Waals surface area contributed by atoms with E-state index >= 15 is 0 Å². The molecule has 86 valence electrons. The first kappa shape index (κ1) is 11.3. The van der Waals surface area contributed by atoms with Gasteiger partial charge in [-0.05, 0) is 43.5 Å². The van der Waals surface area contributed by atoms with E-state index in [4.69, 9.17) is 21.4 Å². The van der Waals surface area contributed by atoms with Gasteiger partial charge in [-0.3, -0.25) is 4.79 Å². The topological polar surface area (TPSA) is 46.5 Å². The maximum Gasteiger partial charge on any atom is 0.309 e. The van der Waals surface area contributed by atoms with Crippen LogP contribution in [-0.2, 0) is 4.79 Å². The zero-order valence-electron chi connectivity index (χ0n) is 8.78. The van der Waals surface area contributed by atoms with Crippen molar-refractivity contribution in [2.75, 3.05) is 6.61 Å². The molecule has 0 heterocycles. The van der Waals surface area contributed by atoms with Crippen molar-refractivity contribution in [3.05, 3.63) is 29.3 Å². The summed E-state index contributed by atoms with van der Waals surface area (Å²) in [6, 6.07) is 7.06. The Morgan fingerprint density at radius 1 is 1.38 bits per heavy atom. The first-order valence-electron chi connectivity index (χ1n) is 5.24. The second kappa shape index (κ2) is 4.34. The molecule has 0 spiro atoms. The average Bonchev–Trinajstić information content (AvgIpc) is 3.02. The van der Waals surface area contributed by atoms with E-state index in [-0.39, 0.29) is 0 Å². The molecule has 0 amide bonds. The first-order chi connectivity index (χ1) is 7.62. The van der Waals surface area contributed by atoms with Gasteiger partial charge in [-0.25, -0.2) is 0 Å². The molecule has 1 saturated carbocycles. The number of hydrogen-bond acceptors (Lipinski definition) is 2. The standard InChI is InChI=1S/C12H13ClO3/c13-9-1-3-10(4-2-9)16-8-7-12(5-6-12)11(14)15/h1-4H,5-8H2,(H,14,15). The fraction of sp³-hybridized carbons (Fsp3) is 0.417. The van der Waals surface area contributed by atoms with Gasteiger partial charge in [0.15, 0.2) is 0 Å². The van der Waals surface area contributed by atoms with E-state index in [1.807, 2.05) is 0 Å². The van der Waals surface area contributed by atoms with Crippen LogP contribution in [0.5, 0.6) is 5.75 Å². The zero-order chi connectivity index (χ0) is 11.6. The molecule has 1 aliphatic rings. The number of hydrogen-bond donors (Lipinski definition) is 1. The number of aliphatic carboxylic acids is 1. The van der Waals surface area contributed by atoms with Crippen LogP contribution in [0, 0.1) is 5.41 Å². The molecular formula is C12H13ClO3. The van der Waals surface area contributed by atoms with E-state index in [2.05, 4.69) is 0 Å². The summed E-state index contributed by atoms with van der Waals surface area (Å²) in [6.45, 7) is 0.438. The summed E-state index contributed by atoms with van der Waals surface area (Å²) in [5.74, 6) is 0.0257. The lowest BCUT2D eigenvalue weighted by molar-refractivity contribution is -0.143. The third-order valence-electron chi connectivity index (χ3n) is 2.97. The highest BCUT2D eigenvalue weighted by molar-refractivity contribution is 6.30. The van der Waals surface area contributed by atoms with Crippen LogP contribution in [0.15, 0.2) is 24.3 Å². The Morgan fingerprint density at radius 3 is 2.50 bits per heavy atom. The van der Waals surface area contributed by atoms with Crippen molar-refractivity contribution < 1.29 is 14.6 Å². The van der Waals surface area contributed by atoms with Crippen LogP contribution >= 0.6 is 11.6 Å². The minimum absolute atomic E-state index is 0.438. The lowest BCUT2D eigenvalue weighted by Crippen LogP contribution is -2.17. The van der Waals surface area contributed by atoms with Crippen molar-refractivity contribution in [2.45, 2.75) is 19.3 Å². The predicted octanol–water partition coefficient (Wildman–Crippen LogP) is 2.97. The summed E-state index contributed by atoms with van der Waals surface area (Å²) >= 11 is 5.74. The molecule has 0 aliphatic heterocycles. The van der Waals surface area contributed by atoms with Crippen molar-refractivity contribution in [1.82, 2.24) is 0 Å². The molecule has 1 aromatic rings. The Labute approximate surface area is 99.0 Å². The van der Waals surface area contributed by atoms with E-state index < -0.39 is 11.4 Å². The Bertz CT molecular complexity index is 382. The Morgan fingerprint density at radius 2 is 2.00 bits per heavy atom. The molecule has 1 fully saturated rings. The number of carboxylic acids is 1. The Balaban J connectivity index is 1.80. The van der Waals surface area contributed by atoms with Crippen LogP contribution < -0.4 is 4.74 Å². The van der Waals surface area contributed by atoms with Crippen molar-refractivity contribution >= 4 is 17.6 Å². The molecular weight excluding hydrogens is 228 g/mol. The molecule has 16 heavy (non-hydrogen) atoms. The second-order valence-corrected chi connectivity index (χ2v) is 4.57. The Kier molecular flexibility index (Phi) is 3.06. The monoisotopic (exact) mass is 240 g/mol. The molecule has 3 nitrogen and oxygen atoms in total. The van der Waals surface area contributed by atoms with E-state index in [0.717, 1.165) is 18.6 Å². The largest absolute Gasteiger partial charge is 0.494 e. The molecule has 0 saturated heterocycles. The quantitative estimate of drug-likeness (QED) is 0.861. The summed E-state index contributed by atoms with van der Waals surface area (Å²) in [5, 5.41) is 9.63. The minimum atomic E-state index is -0.702. The molecule has 1 N–H and O–H groups in total. The SMILES string of the molecule is O=C(O)C1(CCOc2ccc(Cl)cc2)CC1. The molecule has 4 heteroatoms. The van der Waals surface area contributed by atoms with Gasteiger partial charge in [-0.2, -0.15) is 0 Å². The number of ether oxygens (including phenoxy) is 1. The van der Waals surface area contributed by atoms with E-state index in [0.29, 0.717) is 18.1 Å². The Hall–Kier alpha value is -1.22. The normalized spacial score (nSPS) is 16.8. The highest BCUT2D eigenvalue weighted by Gasteiger charge is 2.49. The average molecular weight is 241 g/mol. The first-order valence-corrected chi connectivity index (χ1v) is 5.62. The molecule has 0 aromatic heterocycles. The summed E-state index contributed by atoms with van der Waals surface area (Å²) < 4.78 is 5.47. The second-order valence-electron chi connectivity index (χ2n) is 4.14. The van der Waals surface area contributed by atoms with E-state index in [1.165, 1.54) is 0 Å². The summed E-state index contributed by atoms with van der Waals surface area (Å²) in [4.78, 5) is 10.9. The number of carbonyl (C=O) groups is 1. The third-order valence-corrected chi connectivity index (χ3v) is 3.22.